The second kappa shape index (κ2) is 7.45. The fraction of sp³-hybridized carbons (Fsp3) is 0.438. The molecule has 2 aromatic heterocycles. The molecule has 0 radical (unpaired) electrons. The number of aromatic nitrogens is 3. The van der Waals surface area contributed by atoms with Crippen molar-refractivity contribution >= 4 is 17.3 Å². The van der Waals surface area contributed by atoms with E-state index in [9.17, 15) is 28.2 Å². The summed E-state index contributed by atoms with van der Waals surface area (Å²) in [5, 5.41) is 23.0. The first-order chi connectivity index (χ1) is 12.7. The minimum absolute atomic E-state index is 0.0968. The van der Waals surface area contributed by atoms with E-state index in [-0.39, 0.29) is 29.9 Å². The summed E-state index contributed by atoms with van der Waals surface area (Å²) in [6.07, 6.45) is -2.89. The lowest BCUT2D eigenvalue weighted by Crippen LogP contribution is -2.45. The highest BCUT2D eigenvalue weighted by Gasteiger charge is 2.31. The van der Waals surface area contributed by atoms with Crippen LogP contribution in [-0.4, -0.2) is 50.8 Å². The Hall–Kier alpha value is -2.17. The van der Waals surface area contributed by atoms with Crippen LogP contribution in [0.1, 0.15) is 12.0 Å². The van der Waals surface area contributed by atoms with Crippen LogP contribution in [-0.2, 0) is 6.18 Å². The van der Waals surface area contributed by atoms with Crippen molar-refractivity contribution in [2.24, 2.45) is 5.92 Å². The number of pyridine rings is 1. The van der Waals surface area contributed by atoms with E-state index in [1.54, 1.807) is 4.90 Å². The number of halogens is 4. The third-order valence-electron chi connectivity index (χ3n) is 4.49. The van der Waals surface area contributed by atoms with Gasteiger partial charge in [0.25, 0.3) is 5.56 Å². The standard InChI is InChI=1S/C16H16ClF3N4O3/c17-14-11(23-4-3-9(8-25)12(26)7-23)6-22-24(15(14)27)13-2-1-10(5-21-13)16(18,19)20/h1-2,5-6,9,12,25-26H,3-4,7-8H2/t9-,12+/m1/s1. The number of hydrogen-bond donors (Lipinski definition) is 2. The lowest BCUT2D eigenvalue weighted by Gasteiger charge is -2.36. The summed E-state index contributed by atoms with van der Waals surface area (Å²) in [6.45, 7) is 0.502. The lowest BCUT2D eigenvalue weighted by atomic mass is 9.94. The van der Waals surface area contributed by atoms with Crippen molar-refractivity contribution in [3.8, 4) is 5.82 Å². The number of rotatable bonds is 3. The van der Waals surface area contributed by atoms with Crippen LogP contribution in [0.15, 0.2) is 29.3 Å². The molecule has 3 heterocycles. The molecule has 11 heteroatoms. The van der Waals surface area contributed by atoms with Gasteiger partial charge in [0, 0.05) is 31.8 Å². The number of hydrogen-bond acceptors (Lipinski definition) is 6. The van der Waals surface area contributed by atoms with Crippen LogP contribution in [0.2, 0.25) is 5.02 Å². The number of anilines is 1. The number of aliphatic hydroxyl groups excluding tert-OH is 2. The molecule has 1 aliphatic rings. The molecule has 0 saturated carbocycles. The second-order valence-electron chi connectivity index (χ2n) is 6.21. The summed E-state index contributed by atoms with van der Waals surface area (Å²) >= 11 is 6.15. The van der Waals surface area contributed by atoms with E-state index >= 15 is 0 Å². The Morgan fingerprint density at radius 3 is 2.59 bits per heavy atom. The molecule has 1 aliphatic heterocycles. The number of nitrogens with zero attached hydrogens (tertiary/aromatic N) is 4. The highest BCUT2D eigenvalue weighted by atomic mass is 35.5. The molecule has 2 atom stereocenters. The van der Waals surface area contributed by atoms with Crippen molar-refractivity contribution in [2.75, 3.05) is 24.6 Å². The predicted octanol–water partition coefficient (Wildman–Crippen LogP) is 1.48. The fourth-order valence-electron chi connectivity index (χ4n) is 2.90. The molecule has 0 bridgehead atoms. The van der Waals surface area contributed by atoms with Crippen LogP contribution < -0.4 is 10.5 Å². The summed E-state index contributed by atoms with van der Waals surface area (Å²) < 4.78 is 38.7. The van der Waals surface area contributed by atoms with Gasteiger partial charge in [-0.15, -0.1) is 0 Å². The van der Waals surface area contributed by atoms with Gasteiger partial charge in [0.05, 0.1) is 23.6 Å². The average Bonchev–Trinajstić information content (AvgIpc) is 2.63. The van der Waals surface area contributed by atoms with Crippen LogP contribution in [0.4, 0.5) is 18.9 Å². The highest BCUT2D eigenvalue weighted by Crippen LogP contribution is 2.29. The Kier molecular flexibility index (Phi) is 5.41. The van der Waals surface area contributed by atoms with Gasteiger partial charge in [-0.05, 0) is 18.6 Å². The molecule has 27 heavy (non-hydrogen) atoms. The fourth-order valence-corrected chi connectivity index (χ4v) is 3.15. The van der Waals surface area contributed by atoms with Crippen LogP contribution in [0.25, 0.3) is 5.82 Å². The predicted molar refractivity (Wildman–Crippen MR) is 91.1 cm³/mol. The Labute approximate surface area is 156 Å². The Morgan fingerprint density at radius 2 is 2.04 bits per heavy atom. The van der Waals surface area contributed by atoms with Crippen molar-refractivity contribution in [1.29, 1.82) is 0 Å². The van der Waals surface area contributed by atoms with Gasteiger partial charge in [0.2, 0.25) is 0 Å². The third-order valence-corrected chi connectivity index (χ3v) is 4.84. The zero-order valence-electron chi connectivity index (χ0n) is 13.9. The van der Waals surface area contributed by atoms with Gasteiger partial charge in [-0.1, -0.05) is 11.6 Å². The van der Waals surface area contributed by atoms with Gasteiger partial charge in [-0.25, -0.2) is 4.98 Å². The second-order valence-corrected chi connectivity index (χ2v) is 6.59. The first-order valence-corrected chi connectivity index (χ1v) is 8.45. The summed E-state index contributed by atoms with van der Waals surface area (Å²) in [6, 6.07) is 1.83. The van der Waals surface area contributed by atoms with E-state index in [1.807, 2.05) is 0 Å². The maximum absolute atomic E-state index is 12.6. The van der Waals surface area contributed by atoms with Gasteiger partial charge in [0.15, 0.2) is 5.82 Å². The van der Waals surface area contributed by atoms with Gasteiger partial charge < -0.3 is 15.1 Å². The Morgan fingerprint density at radius 1 is 1.30 bits per heavy atom. The molecule has 1 saturated heterocycles. The quantitative estimate of drug-likeness (QED) is 0.805. The summed E-state index contributed by atoms with van der Waals surface area (Å²) in [5.74, 6) is -0.342. The normalized spacial score (nSPS) is 20.7. The summed E-state index contributed by atoms with van der Waals surface area (Å²) in [4.78, 5) is 17.8. The van der Waals surface area contributed by atoms with Crippen molar-refractivity contribution in [3.05, 3.63) is 45.5 Å². The van der Waals surface area contributed by atoms with Gasteiger partial charge in [-0.3, -0.25) is 4.79 Å². The van der Waals surface area contributed by atoms with Crippen molar-refractivity contribution in [2.45, 2.75) is 18.7 Å². The molecule has 2 N–H and O–H groups in total. The lowest BCUT2D eigenvalue weighted by molar-refractivity contribution is -0.137. The zero-order chi connectivity index (χ0) is 19.8. The Balaban J connectivity index is 1.89. The minimum Gasteiger partial charge on any atom is -0.396 e. The maximum Gasteiger partial charge on any atom is 0.417 e. The molecule has 146 valence electrons. The van der Waals surface area contributed by atoms with E-state index in [0.717, 1.165) is 16.8 Å². The molecule has 0 spiro atoms. The van der Waals surface area contributed by atoms with E-state index < -0.39 is 23.4 Å². The zero-order valence-corrected chi connectivity index (χ0v) is 14.7. The molecule has 1 fully saturated rings. The summed E-state index contributed by atoms with van der Waals surface area (Å²) in [5.41, 5.74) is -1.37. The number of β-amino-alcohol motifs (C(OH)–C–C–N with tert-alkyl or cyclic N) is 1. The molecule has 0 unspecified atom stereocenters. The van der Waals surface area contributed by atoms with Crippen LogP contribution in [0.3, 0.4) is 0 Å². The topological polar surface area (TPSA) is 91.5 Å². The minimum atomic E-state index is -4.53. The van der Waals surface area contributed by atoms with E-state index in [2.05, 4.69) is 10.1 Å². The molecule has 7 nitrogen and oxygen atoms in total. The molecule has 2 aromatic rings. The molecular formula is C16H16ClF3N4O3. The first-order valence-electron chi connectivity index (χ1n) is 8.07. The number of alkyl halides is 3. The van der Waals surface area contributed by atoms with Crippen molar-refractivity contribution in [3.63, 3.8) is 0 Å². The molecule has 0 aliphatic carbocycles. The molecule has 0 aromatic carbocycles. The van der Waals surface area contributed by atoms with Gasteiger partial charge in [-0.2, -0.15) is 23.0 Å². The summed E-state index contributed by atoms with van der Waals surface area (Å²) in [7, 11) is 0. The Bertz CT molecular complexity index is 873. The van der Waals surface area contributed by atoms with Crippen molar-refractivity contribution in [1.82, 2.24) is 14.8 Å². The molecule has 3 rings (SSSR count). The van der Waals surface area contributed by atoms with Crippen LogP contribution in [0, 0.1) is 5.92 Å². The number of piperidine rings is 1. The third kappa shape index (κ3) is 3.92. The van der Waals surface area contributed by atoms with E-state index in [1.165, 1.54) is 6.20 Å². The number of aliphatic hydroxyl groups is 2. The smallest absolute Gasteiger partial charge is 0.396 e. The van der Waals surface area contributed by atoms with Crippen LogP contribution in [0.5, 0.6) is 0 Å². The maximum atomic E-state index is 12.6. The van der Waals surface area contributed by atoms with E-state index in [4.69, 9.17) is 11.6 Å². The highest BCUT2D eigenvalue weighted by molar-refractivity contribution is 6.33. The SMILES string of the molecule is O=c1c(Cl)c(N2CC[C@H](CO)[C@@H](O)C2)cnn1-c1ccc(C(F)(F)F)cn1. The van der Waals surface area contributed by atoms with Crippen LogP contribution >= 0.6 is 11.6 Å². The average molecular weight is 405 g/mol. The largest absolute Gasteiger partial charge is 0.417 e. The molecular weight excluding hydrogens is 389 g/mol. The monoisotopic (exact) mass is 404 g/mol. The van der Waals surface area contributed by atoms with Crippen molar-refractivity contribution < 1.29 is 23.4 Å². The van der Waals surface area contributed by atoms with Gasteiger partial charge >= 0.3 is 6.18 Å². The first kappa shape index (κ1) is 19.6. The molecule has 0 amide bonds. The van der Waals surface area contributed by atoms with Gasteiger partial charge in [0.1, 0.15) is 5.02 Å². The van der Waals surface area contributed by atoms with E-state index in [0.29, 0.717) is 24.8 Å².